The second-order valence-corrected chi connectivity index (χ2v) is 15.2. The highest BCUT2D eigenvalue weighted by atomic mass is 15.2. The standard InChI is InChI=1S/C52H36N4.C2H6/c1-52(2)44-25-12-11-21-42(44)47-39(22-14-26-45(47)52)40-23-13-24-41-43-31-37-19-9-10-20-38(37)32-46(43)56(48(40)41)51-54-49(35-17-7-4-8-18-35)53-50(55-51)36-29-27-34(28-30-36)33-15-5-3-6-16-33;1-2/h3-32H,1-2H3;1-2H3. The van der Waals surface area contributed by atoms with Crippen molar-refractivity contribution < 1.29 is 0 Å². The van der Waals surface area contributed by atoms with E-state index in [4.69, 9.17) is 15.0 Å². The Morgan fingerprint density at radius 1 is 0.414 bits per heavy atom. The Bertz CT molecular complexity index is 3140. The number of nitrogens with zero attached hydrogens (tertiary/aromatic N) is 4. The third-order valence-electron chi connectivity index (χ3n) is 11.7. The number of benzene rings is 8. The topological polar surface area (TPSA) is 43.6 Å². The largest absolute Gasteiger partial charge is 0.277 e. The molecule has 0 spiro atoms. The molecule has 58 heavy (non-hydrogen) atoms. The summed E-state index contributed by atoms with van der Waals surface area (Å²) < 4.78 is 2.29. The number of fused-ring (bicyclic) bond motifs is 7. The van der Waals surface area contributed by atoms with Crippen molar-refractivity contribution in [3.8, 4) is 62.1 Å². The molecule has 4 nitrogen and oxygen atoms in total. The molecule has 0 radical (unpaired) electrons. The van der Waals surface area contributed by atoms with Gasteiger partial charge in [0.2, 0.25) is 5.95 Å². The van der Waals surface area contributed by atoms with Gasteiger partial charge >= 0.3 is 0 Å². The number of para-hydroxylation sites is 1. The summed E-state index contributed by atoms with van der Waals surface area (Å²) in [6.07, 6.45) is 0. The van der Waals surface area contributed by atoms with Gasteiger partial charge < -0.3 is 0 Å². The molecule has 0 unspecified atom stereocenters. The highest BCUT2D eigenvalue weighted by Gasteiger charge is 2.37. The molecule has 1 aliphatic carbocycles. The van der Waals surface area contributed by atoms with Crippen LogP contribution in [0.25, 0.3) is 94.7 Å². The van der Waals surface area contributed by atoms with Gasteiger partial charge in [-0.25, -0.2) is 4.98 Å². The van der Waals surface area contributed by atoms with E-state index < -0.39 is 0 Å². The van der Waals surface area contributed by atoms with Crippen molar-refractivity contribution in [2.24, 2.45) is 0 Å². The van der Waals surface area contributed by atoms with Crippen molar-refractivity contribution in [2.45, 2.75) is 33.1 Å². The van der Waals surface area contributed by atoms with E-state index in [0.717, 1.165) is 49.4 Å². The average molecular weight is 747 g/mol. The lowest BCUT2D eigenvalue weighted by atomic mass is 9.82. The Kier molecular flexibility index (Phi) is 8.57. The van der Waals surface area contributed by atoms with Crippen molar-refractivity contribution in [1.29, 1.82) is 0 Å². The molecule has 0 saturated heterocycles. The first kappa shape index (κ1) is 35.3. The zero-order valence-corrected chi connectivity index (χ0v) is 33.1. The summed E-state index contributed by atoms with van der Waals surface area (Å²) in [6.45, 7) is 8.68. The summed E-state index contributed by atoms with van der Waals surface area (Å²) in [4.78, 5) is 15.8. The highest BCUT2D eigenvalue weighted by molar-refractivity contribution is 6.17. The van der Waals surface area contributed by atoms with Crippen molar-refractivity contribution >= 4 is 32.6 Å². The minimum Gasteiger partial charge on any atom is -0.277 e. The molecule has 1 aliphatic rings. The maximum atomic E-state index is 5.36. The molecule has 0 atom stereocenters. The van der Waals surface area contributed by atoms with Crippen LogP contribution in [0, 0.1) is 0 Å². The van der Waals surface area contributed by atoms with Gasteiger partial charge in [-0.2, -0.15) is 9.97 Å². The lowest BCUT2D eigenvalue weighted by molar-refractivity contribution is 0.660. The molecule has 2 heterocycles. The Labute approximate surface area is 339 Å². The lowest BCUT2D eigenvalue weighted by Gasteiger charge is -2.21. The Morgan fingerprint density at radius 3 is 1.66 bits per heavy atom. The maximum absolute atomic E-state index is 5.36. The molecule has 0 bridgehead atoms. The quantitative estimate of drug-likeness (QED) is 0.176. The fourth-order valence-electron chi connectivity index (χ4n) is 8.91. The van der Waals surface area contributed by atoms with Crippen LogP contribution in [-0.2, 0) is 5.41 Å². The van der Waals surface area contributed by atoms with E-state index in [1.54, 1.807) is 0 Å². The summed E-state index contributed by atoms with van der Waals surface area (Å²) in [7, 11) is 0. The predicted octanol–water partition coefficient (Wildman–Crippen LogP) is 14.1. The van der Waals surface area contributed by atoms with Crippen molar-refractivity contribution in [3.63, 3.8) is 0 Å². The minimum absolute atomic E-state index is 0.121. The predicted molar refractivity (Wildman–Crippen MR) is 242 cm³/mol. The maximum Gasteiger partial charge on any atom is 0.238 e. The van der Waals surface area contributed by atoms with Crippen molar-refractivity contribution in [1.82, 2.24) is 19.5 Å². The van der Waals surface area contributed by atoms with E-state index in [-0.39, 0.29) is 5.41 Å². The van der Waals surface area contributed by atoms with Gasteiger partial charge in [-0.15, -0.1) is 0 Å². The number of aromatic nitrogens is 4. The van der Waals surface area contributed by atoms with E-state index in [9.17, 15) is 0 Å². The molecular weight excluding hydrogens is 705 g/mol. The molecule has 10 aromatic rings. The van der Waals surface area contributed by atoms with E-state index in [1.807, 2.05) is 38.1 Å². The van der Waals surface area contributed by atoms with Gasteiger partial charge in [0.05, 0.1) is 11.0 Å². The smallest absolute Gasteiger partial charge is 0.238 e. The molecule has 0 N–H and O–H groups in total. The van der Waals surface area contributed by atoms with Gasteiger partial charge in [-0.05, 0) is 61.8 Å². The number of hydrogen-bond acceptors (Lipinski definition) is 3. The molecule has 2 aromatic heterocycles. The first-order valence-corrected chi connectivity index (χ1v) is 20.2. The van der Waals surface area contributed by atoms with Crippen molar-refractivity contribution in [3.05, 3.63) is 193 Å². The van der Waals surface area contributed by atoms with Crippen LogP contribution in [0.4, 0.5) is 0 Å². The van der Waals surface area contributed by atoms with Gasteiger partial charge in [0, 0.05) is 32.9 Å². The van der Waals surface area contributed by atoms with E-state index in [2.05, 4.69) is 176 Å². The molecule has 11 rings (SSSR count). The normalized spacial score (nSPS) is 12.6. The van der Waals surface area contributed by atoms with Crippen molar-refractivity contribution in [2.75, 3.05) is 0 Å². The molecule has 0 aliphatic heterocycles. The summed E-state index contributed by atoms with van der Waals surface area (Å²) in [6, 6.07) is 64.8. The molecule has 0 fully saturated rings. The van der Waals surface area contributed by atoms with Crippen LogP contribution in [0.2, 0.25) is 0 Å². The van der Waals surface area contributed by atoms with Gasteiger partial charge in [0.25, 0.3) is 0 Å². The van der Waals surface area contributed by atoms with Crippen LogP contribution in [-0.4, -0.2) is 19.5 Å². The molecule has 4 heteroatoms. The van der Waals surface area contributed by atoms with Gasteiger partial charge in [0.1, 0.15) is 0 Å². The average Bonchev–Trinajstić information content (AvgIpc) is 3.74. The fraction of sp³-hybridized carbons (Fsp3) is 0.0926. The van der Waals surface area contributed by atoms with Crippen LogP contribution >= 0.6 is 0 Å². The van der Waals surface area contributed by atoms with E-state index in [0.29, 0.717) is 17.6 Å². The van der Waals surface area contributed by atoms with Crippen LogP contribution in [0.3, 0.4) is 0 Å². The fourth-order valence-corrected chi connectivity index (χ4v) is 8.91. The molecule has 0 saturated carbocycles. The lowest BCUT2D eigenvalue weighted by Crippen LogP contribution is -2.14. The summed E-state index contributed by atoms with van der Waals surface area (Å²) in [5.74, 6) is 1.83. The minimum atomic E-state index is -0.121. The number of rotatable bonds is 5. The molecule has 8 aromatic carbocycles. The monoisotopic (exact) mass is 746 g/mol. The van der Waals surface area contributed by atoms with Gasteiger partial charge in [-0.1, -0.05) is 198 Å². The summed E-state index contributed by atoms with van der Waals surface area (Å²) >= 11 is 0. The van der Waals surface area contributed by atoms with Crippen LogP contribution < -0.4 is 0 Å². The Morgan fingerprint density at radius 2 is 0.931 bits per heavy atom. The Hall–Kier alpha value is -7.17. The Balaban J connectivity index is 0.00000201. The van der Waals surface area contributed by atoms with Crippen LogP contribution in [0.1, 0.15) is 38.8 Å². The van der Waals surface area contributed by atoms with Gasteiger partial charge in [-0.3, -0.25) is 4.57 Å². The molecule has 278 valence electrons. The first-order chi connectivity index (χ1) is 28.5. The van der Waals surface area contributed by atoms with Gasteiger partial charge in [0.15, 0.2) is 11.6 Å². The zero-order valence-electron chi connectivity index (χ0n) is 33.1. The summed E-state index contributed by atoms with van der Waals surface area (Å²) in [5.41, 5.74) is 13.8. The summed E-state index contributed by atoms with van der Waals surface area (Å²) in [5, 5.41) is 4.67. The third kappa shape index (κ3) is 5.63. The second kappa shape index (κ2) is 14.1. The first-order valence-electron chi connectivity index (χ1n) is 20.2. The number of hydrogen-bond donors (Lipinski definition) is 0. The third-order valence-corrected chi connectivity index (χ3v) is 11.7. The molecular formula is C54H42N4. The van der Waals surface area contributed by atoms with Crippen LogP contribution in [0.15, 0.2) is 182 Å². The highest BCUT2D eigenvalue weighted by Crippen LogP contribution is 2.53. The van der Waals surface area contributed by atoms with E-state index >= 15 is 0 Å². The molecule has 0 amide bonds. The van der Waals surface area contributed by atoms with Crippen LogP contribution in [0.5, 0.6) is 0 Å². The second-order valence-electron chi connectivity index (χ2n) is 15.2. The SMILES string of the molecule is CC.CC1(C)c2ccccc2-c2c(-c3cccc4c5cc6ccccc6cc5n(-c5nc(-c6ccccc6)nc(-c6ccc(-c7ccccc7)cc6)n5)c34)cccc21. The zero-order chi connectivity index (χ0) is 39.4. The van der Waals surface area contributed by atoms with E-state index in [1.165, 1.54) is 38.8 Å².